The number of thiophene rings is 1. The molecule has 3 aromatic rings. The number of amides is 2. The van der Waals surface area contributed by atoms with Gasteiger partial charge in [-0.3, -0.25) is 9.59 Å². The Bertz CT molecular complexity index is 1190. The first-order valence-electron chi connectivity index (χ1n) is 12.7. The molecule has 6 heteroatoms. The van der Waals surface area contributed by atoms with Gasteiger partial charge in [0.25, 0.3) is 5.91 Å². The van der Waals surface area contributed by atoms with Crippen LogP contribution >= 0.6 is 22.9 Å². The molecule has 0 radical (unpaired) electrons. The largest absolute Gasteiger partial charge is 0.330 e. The van der Waals surface area contributed by atoms with Gasteiger partial charge in [-0.05, 0) is 70.7 Å². The van der Waals surface area contributed by atoms with Crippen molar-refractivity contribution < 1.29 is 9.59 Å². The summed E-state index contributed by atoms with van der Waals surface area (Å²) >= 11 is 7.78. The summed E-state index contributed by atoms with van der Waals surface area (Å²) in [6, 6.07) is 17.6. The minimum absolute atomic E-state index is 0.0184. The van der Waals surface area contributed by atoms with Gasteiger partial charge in [0.15, 0.2) is 0 Å². The van der Waals surface area contributed by atoms with Gasteiger partial charge in [-0.25, -0.2) is 0 Å². The van der Waals surface area contributed by atoms with E-state index < -0.39 is 0 Å². The van der Waals surface area contributed by atoms with Gasteiger partial charge in [-0.2, -0.15) is 0 Å². The molecule has 36 heavy (non-hydrogen) atoms. The number of benzene rings is 2. The Morgan fingerprint density at radius 2 is 1.75 bits per heavy atom. The molecule has 0 N–H and O–H groups in total. The fourth-order valence-corrected chi connectivity index (χ4v) is 5.77. The quantitative estimate of drug-likeness (QED) is 0.331. The van der Waals surface area contributed by atoms with E-state index in [-0.39, 0.29) is 29.8 Å². The number of fused-ring (bicyclic) bond motifs is 1. The Balaban J connectivity index is 1.61. The lowest BCUT2D eigenvalue weighted by Crippen LogP contribution is -2.47. The number of halogens is 1. The molecule has 0 aliphatic carbocycles. The Kier molecular flexibility index (Phi) is 8.21. The standard InChI is InChI=1S/C30H35ClN2O2S/c1-5-6-17-32(29(35)22-9-13-24(31)14-10-22)20-27(34)33-18-15-26-25(16-19-36-26)28(33)21-7-11-23(12-8-21)30(2,3)4/h7-14,16,19,28H,5-6,15,17-18,20H2,1-4H3. The van der Waals surface area contributed by atoms with Gasteiger partial charge in [0.05, 0.1) is 6.04 Å². The molecule has 0 fully saturated rings. The minimum Gasteiger partial charge on any atom is -0.330 e. The summed E-state index contributed by atoms with van der Waals surface area (Å²) in [7, 11) is 0. The number of carbonyl (C=O) groups excluding carboxylic acids is 2. The molecule has 1 aliphatic heterocycles. The maximum absolute atomic E-state index is 13.8. The monoisotopic (exact) mass is 522 g/mol. The van der Waals surface area contributed by atoms with Gasteiger partial charge in [0, 0.05) is 28.6 Å². The van der Waals surface area contributed by atoms with Gasteiger partial charge >= 0.3 is 0 Å². The van der Waals surface area contributed by atoms with Gasteiger partial charge in [-0.1, -0.05) is 70.0 Å². The fourth-order valence-electron chi connectivity index (χ4n) is 4.74. The number of rotatable bonds is 7. The molecule has 1 atom stereocenters. The van der Waals surface area contributed by atoms with Crippen LogP contribution in [0.2, 0.25) is 5.02 Å². The molecule has 190 valence electrons. The van der Waals surface area contributed by atoms with Gasteiger partial charge in [-0.15, -0.1) is 11.3 Å². The van der Waals surface area contributed by atoms with Gasteiger partial charge in [0.1, 0.15) is 6.54 Å². The van der Waals surface area contributed by atoms with E-state index in [1.165, 1.54) is 16.0 Å². The van der Waals surface area contributed by atoms with E-state index in [4.69, 9.17) is 11.6 Å². The van der Waals surface area contributed by atoms with E-state index in [1.807, 2.05) is 4.90 Å². The highest BCUT2D eigenvalue weighted by molar-refractivity contribution is 7.10. The predicted octanol–water partition coefficient (Wildman–Crippen LogP) is 7.12. The topological polar surface area (TPSA) is 40.6 Å². The normalized spacial score (nSPS) is 15.5. The fraction of sp³-hybridized carbons (Fsp3) is 0.400. The summed E-state index contributed by atoms with van der Waals surface area (Å²) in [6.45, 7) is 9.97. The van der Waals surface area contributed by atoms with Crippen molar-refractivity contribution in [2.24, 2.45) is 0 Å². The highest BCUT2D eigenvalue weighted by atomic mass is 35.5. The van der Waals surface area contributed by atoms with Crippen LogP contribution < -0.4 is 0 Å². The zero-order valence-corrected chi connectivity index (χ0v) is 23.2. The molecule has 2 amide bonds. The molecular weight excluding hydrogens is 488 g/mol. The van der Waals surface area contributed by atoms with Crippen molar-refractivity contribution in [2.75, 3.05) is 19.6 Å². The van der Waals surface area contributed by atoms with Crippen LogP contribution in [0.5, 0.6) is 0 Å². The van der Waals surface area contributed by atoms with Crippen molar-refractivity contribution in [3.8, 4) is 0 Å². The molecule has 1 aromatic heterocycles. The first kappa shape index (κ1) is 26.4. The molecule has 0 bridgehead atoms. The molecule has 0 spiro atoms. The number of unbranched alkanes of at least 4 members (excludes halogenated alkanes) is 1. The summed E-state index contributed by atoms with van der Waals surface area (Å²) in [5.41, 5.74) is 4.20. The molecule has 1 aliphatic rings. The molecule has 2 aromatic carbocycles. The van der Waals surface area contributed by atoms with Crippen LogP contribution in [0.1, 0.15) is 78.5 Å². The summed E-state index contributed by atoms with van der Waals surface area (Å²) in [4.78, 5) is 32.1. The number of carbonyl (C=O) groups is 2. The Morgan fingerprint density at radius 1 is 1.06 bits per heavy atom. The van der Waals surface area contributed by atoms with E-state index in [1.54, 1.807) is 40.5 Å². The summed E-state index contributed by atoms with van der Waals surface area (Å²) in [6.07, 6.45) is 2.64. The lowest BCUT2D eigenvalue weighted by molar-refractivity contribution is -0.134. The maximum atomic E-state index is 13.8. The molecule has 0 saturated carbocycles. The highest BCUT2D eigenvalue weighted by Gasteiger charge is 2.34. The van der Waals surface area contributed by atoms with Crippen molar-refractivity contribution in [1.29, 1.82) is 0 Å². The smallest absolute Gasteiger partial charge is 0.254 e. The van der Waals surface area contributed by atoms with Crippen LogP contribution in [0.15, 0.2) is 60.0 Å². The number of nitrogens with zero attached hydrogens (tertiary/aromatic N) is 2. The average Bonchev–Trinajstić information content (AvgIpc) is 3.34. The van der Waals surface area contributed by atoms with Crippen LogP contribution in [0.25, 0.3) is 0 Å². The van der Waals surface area contributed by atoms with Crippen LogP contribution in [0, 0.1) is 0 Å². The Hall–Kier alpha value is -2.63. The third-order valence-corrected chi connectivity index (χ3v) is 8.11. The molecule has 0 saturated heterocycles. The first-order chi connectivity index (χ1) is 17.2. The van der Waals surface area contributed by atoms with Crippen molar-refractivity contribution in [1.82, 2.24) is 9.80 Å². The van der Waals surface area contributed by atoms with E-state index in [0.717, 1.165) is 24.8 Å². The third kappa shape index (κ3) is 5.84. The lowest BCUT2D eigenvalue weighted by Gasteiger charge is -2.38. The number of hydrogen-bond acceptors (Lipinski definition) is 3. The van der Waals surface area contributed by atoms with Crippen LogP contribution in [0.3, 0.4) is 0 Å². The molecule has 4 rings (SSSR count). The Labute approximate surface area is 223 Å². The predicted molar refractivity (Wildman–Crippen MR) is 149 cm³/mol. The van der Waals surface area contributed by atoms with Gasteiger partial charge in [0.2, 0.25) is 5.91 Å². The second-order valence-electron chi connectivity index (χ2n) is 10.5. The molecule has 2 heterocycles. The average molecular weight is 523 g/mol. The second kappa shape index (κ2) is 11.2. The van der Waals surface area contributed by atoms with Crippen molar-refractivity contribution in [2.45, 2.75) is 58.4 Å². The third-order valence-electron chi connectivity index (χ3n) is 6.86. The molecular formula is C30H35ClN2O2S. The molecule has 4 nitrogen and oxygen atoms in total. The zero-order chi connectivity index (χ0) is 25.9. The minimum atomic E-state index is -0.139. The van der Waals surface area contributed by atoms with Crippen molar-refractivity contribution in [3.05, 3.63) is 92.1 Å². The first-order valence-corrected chi connectivity index (χ1v) is 14.0. The van der Waals surface area contributed by atoms with Crippen molar-refractivity contribution in [3.63, 3.8) is 0 Å². The van der Waals surface area contributed by atoms with E-state index in [9.17, 15) is 9.59 Å². The highest BCUT2D eigenvalue weighted by Crippen LogP contribution is 2.38. The van der Waals surface area contributed by atoms with E-state index in [0.29, 0.717) is 23.7 Å². The van der Waals surface area contributed by atoms with Crippen LogP contribution in [0.4, 0.5) is 0 Å². The van der Waals surface area contributed by atoms with E-state index >= 15 is 0 Å². The summed E-state index contributed by atoms with van der Waals surface area (Å²) < 4.78 is 0. The lowest BCUT2D eigenvalue weighted by atomic mass is 9.85. The SMILES string of the molecule is CCCCN(CC(=O)N1CCc2sccc2C1c1ccc(C(C)(C)C)cc1)C(=O)c1ccc(Cl)cc1. The van der Waals surface area contributed by atoms with Crippen molar-refractivity contribution >= 4 is 34.8 Å². The molecule has 1 unspecified atom stereocenters. The number of hydrogen-bond donors (Lipinski definition) is 0. The van der Waals surface area contributed by atoms with Crippen LogP contribution in [-0.4, -0.2) is 41.2 Å². The van der Waals surface area contributed by atoms with E-state index in [2.05, 4.69) is 63.4 Å². The maximum Gasteiger partial charge on any atom is 0.254 e. The van der Waals surface area contributed by atoms with Gasteiger partial charge < -0.3 is 9.80 Å². The summed E-state index contributed by atoms with van der Waals surface area (Å²) in [5.74, 6) is -0.150. The zero-order valence-electron chi connectivity index (χ0n) is 21.6. The Morgan fingerprint density at radius 3 is 2.39 bits per heavy atom. The second-order valence-corrected chi connectivity index (χ2v) is 11.9. The summed E-state index contributed by atoms with van der Waals surface area (Å²) in [5, 5.41) is 2.70. The van der Waals surface area contributed by atoms with Crippen LogP contribution in [-0.2, 0) is 16.6 Å².